The molecule has 0 aromatic heterocycles. The van der Waals surface area contributed by atoms with E-state index >= 15 is 0 Å². The molecule has 0 amide bonds. The summed E-state index contributed by atoms with van der Waals surface area (Å²) in [4.78, 5) is 0. The zero-order valence-electron chi connectivity index (χ0n) is 16.6. The second kappa shape index (κ2) is 10.2. The van der Waals surface area contributed by atoms with Gasteiger partial charge in [0.05, 0.1) is 0 Å². The average molecular weight is 317 g/mol. The van der Waals surface area contributed by atoms with Gasteiger partial charge in [0.2, 0.25) is 0 Å². The lowest BCUT2D eigenvalue weighted by Crippen LogP contribution is -2.26. The van der Waals surface area contributed by atoms with Gasteiger partial charge >= 0.3 is 0 Å². The number of hydrogen-bond donors (Lipinski definition) is 0. The molecule has 0 aliphatic heterocycles. The highest BCUT2D eigenvalue weighted by Gasteiger charge is 2.31. The van der Waals surface area contributed by atoms with Gasteiger partial charge < -0.3 is 0 Å². The lowest BCUT2D eigenvalue weighted by molar-refractivity contribution is 0.206. The van der Waals surface area contributed by atoms with Gasteiger partial charge in [-0.3, -0.25) is 0 Å². The third-order valence-electron chi connectivity index (χ3n) is 5.72. The van der Waals surface area contributed by atoms with E-state index in [1.54, 1.807) is 11.1 Å². The fourth-order valence-electron chi connectivity index (χ4n) is 4.43. The van der Waals surface area contributed by atoms with Crippen LogP contribution in [0.5, 0.6) is 0 Å². The third-order valence-corrected chi connectivity index (χ3v) is 5.72. The summed E-state index contributed by atoms with van der Waals surface area (Å²) in [5.74, 6) is 3.14. The molecule has 0 aromatic carbocycles. The lowest BCUT2D eigenvalue weighted by Gasteiger charge is -2.37. The van der Waals surface area contributed by atoms with Crippen molar-refractivity contribution in [1.82, 2.24) is 0 Å². The molecule has 3 unspecified atom stereocenters. The van der Waals surface area contributed by atoms with Gasteiger partial charge in [-0.05, 0) is 67.4 Å². The summed E-state index contributed by atoms with van der Waals surface area (Å²) in [5, 5.41) is 0. The van der Waals surface area contributed by atoms with Crippen LogP contribution in [0.2, 0.25) is 0 Å². The van der Waals surface area contributed by atoms with Crippen molar-refractivity contribution in [2.24, 2.45) is 23.7 Å². The van der Waals surface area contributed by atoms with E-state index in [0.29, 0.717) is 5.92 Å². The summed E-state index contributed by atoms with van der Waals surface area (Å²) in [7, 11) is 0. The molecule has 1 rings (SSSR count). The van der Waals surface area contributed by atoms with E-state index in [4.69, 9.17) is 0 Å². The molecule has 0 radical (unpaired) electrons. The van der Waals surface area contributed by atoms with Crippen LogP contribution in [0.15, 0.2) is 35.5 Å². The summed E-state index contributed by atoms with van der Waals surface area (Å²) in [6, 6.07) is 0. The Morgan fingerprint density at radius 2 is 1.96 bits per heavy atom. The molecule has 0 fully saturated rings. The van der Waals surface area contributed by atoms with Gasteiger partial charge in [0, 0.05) is 0 Å². The van der Waals surface area contributed by atoms with E-state index in [2.05, 4.69) is 60.3 Å². The molecule has 0 bridgehead atoms. The van der Waals surface area contributed by atoms with E-state index in [1.807, 2.05) is 0 Å². The number of rotatable bonds is 9. The van der Waals surface area contributed by atoms with E-state index in [1.165, 1.54) is 50.5 Å². The fourth-order valence-corrected chi connectivity index (χ4v) is 4.43. The molecule has 0 saturated heterocycles. The Kier molecular flexibility index (Phi) is 8.95. The SMILES string of the molecule is C=C(C)C1=C(/C=C/CCCCC)C(C)CC(C(CC)C(C)C)C1. The van der Waals surface area contributed by atoms with Crippen LogP contribution in [0.3, 0.4) is 0 Å². The first kappa shape index (κ1) is 20.3. The minimum absolute atomic E-state index is 0.677. The number of unbranched alkanes of at least 4 members (excludes halogenated alkanes) is 3. The molecule has 1 aliphatic carbocycles. The molecular formula is C23H40. The minimum atomic E-state index is 0.677. The Bertz CT molecular complexity index is 421. The van der Waals surface area contributed by atoms with Crippen molar-refractivity contribution in [3.05, 3.63) is 35.5 Å². The molecular weight excluding hydrogens is 276 g/mol. The topological polar surface area (TPSA) is 0 Å². The summed E-state index contributed by atoms with van der Waals surface area (Å²) in [6.45, 7) is 18.3. The van der Waals surface area contributed by atoms with Crippen molar-refractivity contribution in [1.29, 1.82) is 0 Å². The Balaban J connectivity index is 2.91. The van der Waals surface area contributed by atoms with E-state index in [0.717, 1.165) is 17.8 Å². The first-order valence-corrected chi connectivity index (χ1v) is 9.97. The molecule has 23 heavy (non-hydrogen) atoms. The maximum absolute atomic E-state index is 4.29. The van der Waals surface area contributed by atoms with E-state index < -0.39 is 0 Å². The van der Waals surface area contributed by atoms with Gasteiger partial charge in [0.15, 0.2) is 0 Å². The van der Waals surface area contributed by atoms with Crippen molar-refractivity contribution in [3.8, 4) is 0 Å². The molecule has 0 heterocycles. The second-order valence-corrected chi connectivity index (χ2v) is 8.03. The highest BCUT2D eigenvalue weighted by Crippen LogP contribution is 2.43. The van der Waals surface area contributed by atoms with Crippen LogP contribution in [-0.2, 0) is 0 Å². The Hall–Kier alpha value is -0.780. The van der Waals surface area contributed by atoms with Gasteiger partial charge in [0.25, 0.3) is 0 Å². The van der Waals surface area contributed by atoms with E-state index in [-0.39, 0.29) is 0 Å². The van der Waals surface area contributed by atoms with Crippen LogP contribution in [0, 0.1) is 23.7 Å². The zero-order valence-corrected chi connectivity index (χ0v) is 16.6. The van der Waals surface area contributed by atoms with Crippen LogP contribution in [0.25, 0.3) is 0 Å². The zero-order chi connectivity index (χ0) is 17.4. The molecule has 0 aromatic rings. The first-order chi connectivity index (χ1) is 10.9. The largest absolute Gasteiger partial charge is 0.0958 e. The maximum atomic E-state index is 4.29. The summed E-state index contributed by atoms with van der Waals surface area (Å²) >= 11 is 0. The molecule has 0 nitrogen and oxygen atoms in total. The molecule has 132 valence electrons. The standard InChI is InChI=1S/C23H40/c1-8-10-11-12-13-14-22-19(7)15-20(16-23(22)18(5)6)21(9-2)17(3)4/h13-14,17,19-21H,5,8-12,15-16H2,1-4,6-7H3/b14-13+. The van der Waals surface area contributed by atoms with Crippen LogP contribution in [0.1, 0.15) is 86.5 Å². The number of hydrogen-bond acceptors (Lipinski definition) is 0. The minimum Gasteiger partial charge on any atom is -0.0958 e. The van der Waals surface area contributed by atoms with Gasteiger partial charge in [-0.1, -0.05) is 78.2 Å². The van der Waals surface area contributed by atoms with Crippen LogP contribution >= 0.6 is 0 Å². The van der Waals surface area contributed by atoms with Crippen LogP contribution in [-0.4, -0.2) is 0 Å². The normalized spacial score (nSPS) is 23.8. The van der Waals surface area contributed by atoms with Crippen LogP contribution < -0.4 is 0 Å². The molecule has 0 N–H and O–H groups in total. The number of allylic oxidation sites excluding steroid dienone is 5. The van der Waals surface area contributed by atoms with Crippen molar-refractivity contribution in [2.45, 2.75) is 86.5 Å². The Labute approximate surface area is 146 Å². The van der Waals surface area contributed by atoms with E-state index in [9.17, 15) is 0 Å². The van der Waals surface area contributed by atoms with Gasteiger partial charge in [-0.25, -0.2) is 0 Å². The summed E-state index contributed by atoms with van der Waals surface area (Å²) < 4.78 is 0. The van der Waals surface area contributed by atoms with Gasteiger partial charge in [-0.2, -0.15) is 0 Å². The second-order valence-electron chi connectivity index (χ2n) is 8.03. The first-order valence-electron chi connectivity index (χ1n) is 9.97. The van der Waals surface area contributed by atoms with Crippen molar-refractivity contribution < 1.29 is 0 Å². The van der Waals surface area contributed by atoms with Gasteiger partial charge in [-0.15, -0.1) is 0 Å². The smallest absolute Gasteiger partial charge is 0.0185 e. The average Bonchev–Trinajstić information content (AvgIpc) is 2.48. The monoisotopic (exact) mass is 316 g/mol. The quantitative estimate of drug-likeness (QED) is 0.382. The highest BCUT2D eigenvalue weighted by molar-refractivity contribution is 5.41. The van der Waals surface area contributed by atoms with Crippen molar-refractivity contribution >= 4 is 0 Å². The molecule has 0 saturated carbocycles. The molecule has 3 atom stereocenters. The molecule has 0 heteroatoms. The highest BCUT2D eigenvalue weighted by atomic mass is 14.4. The van der Waals surface area contributed by atoms with Crippen LogP contribution in [0.4, 0.5) is 0 Å². The third kappa shape index (κ3) is 5.98. The van der Waals surface area contributed by atoms with Crippen molar-refractivity contribution in [2.75, 3.05) is 0 Å². The fraction of sp³-hybridized carbons (Fsp3) is 0.739. The predicted octanol–water partition coefficient (Wildman–Crippen LogP) is 7.72. The summed E-state index contributed by atoms with van der Waals surface area (Å²) in [6.07, 6.45) is 13.9. The maximum Gasteiger partial charge on any atom is -0.0185 e. The Morgan fingerprint density at radius 1 is 1.26 bits per heavy atom. The molecule has 0 spiro atoms. The van der Waals surface area contributed by atoms with Gasteiger partial charge in [0.1, 0.15) is 0 Å². The Morgan fingerprint density at radius 3 is 2.48 bits per heavy atom. The van der Waals surface area contributed by atoms with Crippen molar-refractivity contribution in [3.63, 3.8) is 0 Å². The summed E-state index contributed by atoms with van der Waals surface area (Å²) in [5.41, 5.74) is 4.41. The lowest BCUT2D eigenvalue weighted by atomic mass is 9.68. The predicted molar refractivity (Wildman–Crippen MR) is 106 cm³/mol. The molecule has 1 aliphatic rings.